The van der Waals surface area contributed by atoms with Crippen LogP contribution in [0, 0.1) is 6.92 Å². The summed E-state index contributed by atoms with van der Waals surface area (Å²) in [6.45, 7) is 1.73. The Morgan fingerprint density at radius 3 is 2.81 bits per heavy atom. The highest BCUT2D eigenvalue weighted by molar-refractivity contribution is 6.17. The molecule has 3 heterocycles. The standard InChI is InChI=1S/C20H18N4O3/c1-13-4-3-7-23-12-17(22-19(13)23)14-5-2-6-15(10-14)21-16-11-18(26)24(8-9-25)20(16)27/h2-7,10-12,21,25H,8-9H2,1H3. The van der Waals surface area contributed by atoms with Gasteiger partial charge in [-0.25, -0.2) is 4.98 Å². The SMILES string of the molecule is Cc1cccn2cc(-c3cccc(NC4=CC(=O)N(CCO)C4=O)c3)nc12. The Hall–Kier alpha value is -3.45. The lowest BCUT2D eigenvalue weighted by atomic mass is 10.1. The first-order valence-corrected chi connectivity index (χ1v) is 8.57. The summed E-state index contributed by atoms with van der Waals surface area (Å²) in [6.07, 6.45) is 5.15. The molecule has 1 aromatic carbocycles. The number of anilines is 1. The number of aryl methyl sites for hydroxylation is 1. The Balaban J connectivity index is 1.61. The van der Waals surface area contributed by atoms with Gasteiger partial charge in [0, 0.05) is 29.7 Å². The van der Waals surface area contributed by atoms with E-state index in [9.17, 15) is 9.59 Å². The molecule has 0 spiro atoms. The maximum atomic E-state index is 12.3. The van der Waals surface area contributed by atoms with Gasteiger partial charge in [0.25, 0.3) is 11.8 Å². The fourth-order valence-electron chi connectivity index (χ4n) is 3.11. The number of carbonyl (C=O) groups excluding carboxylic acids is 2. The number of aliphatic hydroxyl groups is 1. The number of amides is 2. The minimum atomic E-state index is -0.442. The fraction of sp³-hybridized carbons (Fsp3) is 0.150. The van der Waals surface area contributed by atoms with Gasteiger partial charge in [0.15, 0.2) is 0 Å². The highest BCUT2D eigenvalue weighted by Gasteiger charge is 2.30. The van der Waals surface area contributed by atoms with Gasteiger partial charge in [0.05, 0.1) is 18.8 Å². The molecule has 0 fully saturated rings. The van der Waals surface area contributed by atoms with Crippen LogP contribution in [0.2, 0.25) is 0 Å². The van der Waals surface area contributed by atoms with E-state index >= 15 is 0 Å². The third kappa shape index (κ3) is 3.09. The Labute approximate surface area is 155 Å². The van der Waals surface area contributed by atoms with Gasteiger partial charge in [-0.05, 0) is 30.7 Å². The Morgan fingerprint density at radius 1 is 1.19 bits per heavy atom. The van der Waals surface area contributed by atoms with E-state index in [1.807, 2.05) is 60.1 Å². The third-order valence-corrected chi connectivity index (χ3v) is 4.45. The Bertz CT molecular complexity index is 1080. The van der Waals surface area contributed by atoms with Crippen molar-refractivity contribution in [3.63, 3.8) is 0 Å². The lowest BCUT2D eigenvalue weighted by Gasteiger charge is -2.13. The van der Waals surface area contributed by atoms with Crippen molar-refractivity contribution in [1.29, 1.82) is 0 Å². The molecule has 4 rings (SSSR count). The molecule has 0 bridgehead atoms. The molecule has 0 aliphatic carbocycles. The molecule has 1 aliphatic rings. The molecule has 0 unspecified atom stereocenters. The lowest BCUT2D eigenvalue weighted by Crippen LogP contribution is -2.34. The number of rotatable bonds is 5. The number of nitrogens with one attached hydrogen (secondary N) is 1. The second-order valence-electron chi connectivity index (χ2n) is 6.33. The van der Waals surface area contributed by atoms with Crippen LogP contribution >= 0.6 is 0 Å². The van der Waals surface area contributed by atoms with Crippen LogP contribution in [0.25, 0.3) is 16.9 Å². The molecule has 7 heteroatoms. The van der Waals surface area contributed by atoms with Crippen LogP contribution in [0.3, 0.4) is 0 Å². The number of hydrogen-bond donors (Lipinski definition) is 2. The molecule has 1 aliphatic heterocycles. The Kier molecular flexibility index (Phi) is 4.21. The molecule has 3 aromatic rings. The van der Waals surface area contributed by atoms with E-state index in [0.29, 0.717) is 5.69 Å². The predicted octanol–water partition coefficient (Wildman–Crippen LogP) is 1.97. The van der Waals surface area contributed by atoms with Crippen molar-refractivity contribution < 1.29 is 14.7 Å². The smallest absolute Gasteiger partial charge is 0.277 e. The van der Waals surface area contributed by atoms with E-state index in [0.717, 1.165) is 27.4 Å². The van der Waals surface area contributed by atoms with E-state index < -0.39 is 11.8 Å². The first-order chi connectivity index (χ1) is 13.1. The number of nitrogens with zero attached hydrogens (tertiary/aromatic N) is 3. The second-order valence-corrected chi connectivity index (χ2v) is 6.33. The summed E-state index contributed by atoms with van der Waals surface area (Å²) < 4.78 is 1.97. The van der Waals surface area contributed by atoms with Gasteiger partial charge in [0.2, 0.25) is 0 Å². The topological polar surface area (TPSA) is 86.9 Å². The minimum Gasteiger partial charge on any atom is -0.395 e. The number of fused-ring (bicyclic) bond motifs is 1. The Morgan fingerprint density at radius 2 is 2.04 bits per heavy atom. The number of pyridine rings is 1. The molecule has 0 saturated heterocycles. The zero-order valence-electron chi connectivity index (χ0n) is 14.7. The van der Waals surface area contributed by atoms with Crippen molar-refractivity contribution in [2.24, 2.45) is 0 Å². The average Bonchev–Trinajstić information content (AvgIpc) is 3.20. The maximum absolute atomic E-state index is 12.3. The van der Waals surface area contributed by atoms with Crippen LogP contribution in [0.15, 0.2) is 60.6 Å². The second kappa shape index (κ2) is 6.69. The lowest BCUT2D eigenvalue weighted by molar-refractivity contribution is -0.137. The van der Waals surface area contributed by atoms with Gasteiger partial charge in [-0.1, -0.05) is 18.2 Å². The molecule has 0 atom stereocenters. The quantitative estimate of drug-likeness (QED) is 0.678. The molecule has 0 saturated carbocycles. The molecular formula is C20H18N4O3. The fourth-order valence-corrected chi connectivity index (χ4v) is 3.11. The van der Waals surface area contributed by atoms with Gasteiger partial charge in [-0.3, -0.25) is 14.5 Å². The maximum Gasteiger partial charge on any atom is 0.277 e. The summed E-state index contributed by atoms with van der Waals surface area (Å²) in [7, 11) is 0. The van der Waals surface area contributed by atoms with E-state index in [2.05, 4.69) is 10.3 Å². The van der Waals surface area contributed by atoms with Crippen LogP contribution in [-0.4, -0.2) is 44.4 Å². The van der Waals surface area contributed by atoms with Crippen molar-refractivity contribution in [3.8, 4) is 11.3 Å². The van der Waals surface area contributed by atoms with Gasteiger partial charge >= 0.3 is 0 Å². The van der Waals surface area contributed by atoms with Crippen LogP contribution in [0.1, 0.15) is 5.56 Å². The van der Waals surface area contributed by atoms with E-state index in [-0.39, 0.29) is 18.8 Å². The summed E-state index contributed by atoms with van der Waals surface area (Å²) in [5.41, 5.74) is 4.56. The highest BCUT2D eigenvalue weighted by atomic mass is 16.3. The average molecular weight is 362 g/mol. The monoisotopic (exact) mass is 362 g/mol. The van der Waals surface area contributed by atoms with E-state index in [4.69, 9.17) is 5.11 Å². The minimum absolute atomic E-state index is 0.0139. The van der Waals surface area contributed by atoms with Crippen molar-refractivity contribution in [1.82, 2.24) is 14.3 Å². The van der Waals surface area contributed by atoms with E-state index in [1.165, 1.54) is 6.08 Å². The van der Waals surface area contributed by atoms with Crippen LogP contribution in [-0.2, 0) is 9.59 Å². The first kappa shape index (κ1) is 17.0. The molecule has 2 aromatic heterocycles. The zero-order valence-corrected chi connectivity index (χ0v) is 14.7. The van der Waals surface area contributed by atoms with Crippen molar-refractivity contribution in [3.05, 3.63) is 66.1 Å². The molecular weight excluding hydrogens is 344 g/mol. The molecule has 2 amide bonds. The van der Waals surface area contributed by atoms with Gasteiger partial charge in [0.1, 0.15) is 11.3 Å². The molecule has 27 heavy (non-hydrogen) atoms. The zero-order chi connectivity index (χ0) is 19.0. The molecule has 136 valence electrons. The normalized spacial score (nSPS) is 14.1. The number of β-amino-alcohol motifs (C(OH)–C–C–N with tert-alkyl or cyclic N) is 1. The van der Waals surface area contributed by atoms with Gasteiger partial charge in [-0.2, -0.15) is 0 Å². The van der Waals surface area contributed by atoms with Crippen LogP contribution in [0.5, 0.6) is 0 Å². The van der Waals surface area contributed by atoms with Crippen molar-refractivity contribution in [2.75, 3.05) is 18.5 Å². The summed E-state index contributed by atoms with van der Waals surface area (Å²) in [6, 6.07) is 11.5. The number of carbonyl (C=O) groups is 2. The third-order valence-electron chi connectivity index (χ3n) is 4.45. The number of imide groups is 1. The number of hydrogen-bond acceptors (Lipinski definition) is 5. The van der Waals surface area contributed by atoms with Gasteiger partial charge < -0.3 is 14.8 Å². The van der Waals surface area contributed by atoms with Gasteiger partial charge in [-0.15, -0.1) is 0 Å². The summed E-state index contributed by atoms with van der Waals surface area (Å²) in [5.74, 6) is -0.869. The van der Waals surface area contributed by atoms with Crippen LogP contribution < -0.4 is 5.32 Å². The summed E-state index contributed by atoms with van der Waals surface area (Å²) in [5, 5.41) is 12.0. The first-order valence-electron chi connectivity index (χ1n) is 8.57. The van der Waals surface area contributed by atoms with E-state index in [1.54, 1.807) is 0 Å². The van der Waals surface area contributed by atoms with Crippen molar-refractivity contribution >= 4 is 23.1 Å². The summed E-state index contributed by atoms with van der Waals surface area (Å²) in [4.78, 5) is 29.8. The van der Waals surface area contributed by atoms with Crippen molar-refractivity contribution in [2.45, 2.75) is 6.92 Å². The molecule has 0 radical (unpaired) electrons. The number of aromatic nitrogens is 2. The number of benzene rings is 1. The van der Waals surface area contributed by atoms with Crippen LogP contribution in [0.4, 0.5) is 5.69 Å². The number of imidazole rings is 1. The largest absolute Gasteiger partial charge is 0.395 e. The molecule has 2 N–H and O–H groups in total. The summed E-state index contributed by atoms with van der Waals surface area (Å²) >= 11 is 0. The predicted molar refractivity (Wildman–Crippen MR) is 101 cm³/mol. The molecule has 7 nitrogen and oxygen atoms in total. The highest BCUT2D eigenvalue weighted by Crippen LogP contribution is 2.25. The number of aliphatic hydroxyl groups excluding tert-OH is 1.